The molecule has 6 heteroatoms. The largest absolute Gasteiger partial charge is 0.468 e. The lowest BCUT2D eigenvalue weighted by atomic mass is 9.99. The first kappa shape index (κ1) is 15.3. The zero-order valence-corrected chi connectivity index (χ0v) is 12.3. The topological polar surface area (TPSA) is 59.1 Å². The van der Waals surface area contributed by atoms with E-state index in [9.17, 15) is 9.59 Å². The molecule has 0 N–H and O–H groups in total. The van der Waals surface area contributed by atoms with Crippen molar-refractivity contribution in [1.82, 2.24) is 9.80 Å². The molecule has 2 heterocycles. The van der Waals surface area contributed by atoms with Gasteiger partial charge in [-0.05, 0) is 26.3 Å². The summed E-state index contributed by atoms with van der Waals surface area (Å²) in [4.78, 5) is 28.2. The second kappa shape index (κ2) is 7.04. The molecule has 1 unspecified atom stereocenters. The number of likely N-dealkylation sites (tertiary alicyclic amines) is 1. The Morgan fingerprint density at radius 2 is 1.90 bits per heavy atom. The number of methoxy groups -OCH3 is 1. The van der Waals surface area contributed by atoms with Crippen LogP contribution >= 0.6 is 0 Å². The maximum Gasteiger partial charge on any atom is 0.323 e. The number of piperidine rings is 1. The molecule has 0 saturated carbocycles. The summed E-state index contributed by atoms with van der Waals surface area (Å²) >= 11 is 0. The quantitative estimate of drug-likeness (QED) is 0.696. The molecule has 6 nitrogen and oxygen atoms in total. The van der Waals surface area contributed by atoms with Gasteiger partial charge < -0.3 is 14.4 Å². The summed E-state index contributed by atoms with van der Waals surface area (Å²) in [6.45, 7) is 5.13. The molecule has 0 aromatic carbocycles. The van der Waals surface area contributed by atoms with Crippen molar-refractivity contribution in [2.24, 2.45) is 0 Å². The number of esters is 1. The number of nitrogens with zero attached hydrogens (tertiary/aromatic N) is 2. The molecule has 2 saturated heterocycles. The molecule has 0 aliphatic carbocycles. The van der Waals surface area contributed by atoms with E-state index in [-0.39, 0.29) is 24.0 Å². The summed E-state index contributed by atoms with van der Waals surface area (Å²) < 4.78 is 10.1. The van der Waals surface area contributed by atoms with E-state index in [0.717, 1.165) is 25.8 Å². The summed E-state index contributed by atoms with van der Waals surface area (Å²) in [6.07, 6.45) is 2.80. The van der Waals surface area contributed by atoms with E-state index >= 15 is 0 Å². The fraction of sp³-hybridized carbons (Fsp3) is 0.857. The summed E-state index contributed by atoms with van der Waals surface area (Å²) in [6, 6.07) is -0.564. The van der Waals surface area contributed by atoms with E-state index in [2.05, 4.69) is 0 Å². The number of morpholine rings is 1. The lowest BCUT2D eigenvalue weighted by Gasteiger charge is -2.39. The molecule has 0 aromatic heterocycles. The van der Waals surface area contributed by atoms with Crippen molar-refractivity contribution < 1.29 is 19.1 Å². The molecule has 2 fully saturated rings. The van der Waals surface area contributed by atoms with E-state index in [4.69, 9.17) is 9.47 Å². The van der Waals surface area contributed by atoms with Gasteiger partial charge in [-0.15, -0.1) is 0 Å². The van der Waals surface area contributed by atoms with Crippen molar-refractivity contribution in [1.29, 1.82) is 0 Å². The molecule has 0 spiro atoms. The van der Waals surface area contributed by atoms with Gasteiger partial charge in [0, 0.05) is 13.1 Å². The summed E-state index contributed by atoms with van der Waals surface area (Å²) in [5.74, 6) is -0.143. The molecule has 1 amide bonds. The standard InChI is InChI=1S/C14H24N2O4/c1-11(13(17)15-7-9-20-10-8-15)16-6-4-3-5-12(16)14(18)19-2/h11-12H,3-10H2,1-2H3/t11?,12-/m1/s1. The van der Waals surface area contributed by atoms with Crippen molar-refractivity contribution in [3.05, 3.63) is 0 Å². The summed E-state index contributed by atoms with van der Waals surface area (Å²) in [7, 11) is 1.41. The van der Waals surface area contributed by atoms with Crippen LogP contribution in [0.15, 0.2) is 0 Å². The normalized spacial score (nSPS) is 26.1. The van der Waals surface area contributed by atoms with Gasteiger partial charge in [0.05, 0.1) is 26.4 Å². The number of carbonyl (C=O) groups excluding carboxylic acids is 2. The van der Waals surface area contributed by atoms with Crippen molar-refractivity contribution in [2.45, 2.75) is 38.3 Å². The molecule has 0 radical (unpaired) electrons. The Hall–Kier alpha value is -1.14. The van der Waals surface area contributed by atoms with Crippen LogP contribution in [0.5, 0.6) is 0 Å². The molecule has 2 atom stereocenters. The fourth-order valence-electron chi connectivity index (χ4n) is 3.00. The van der Waals surface area contributed by atoms with Gasteiger partial charge in [0.15, 0.2) is 0 Å². The van der Waals surface area contributed by atoms with Crippen molar-refractivity contribution in [3.63, 3.8) is 0 Å². The van der Waals surface area contributed by atoms with Crippen LogP contribution in [0.25, 0.3) is 0 Å². The molecule has 0 aromatic rings. The molecular formula is C14H24N2O4. The van der Waals surface area contributed by atoms with E-state index in [1.54, 1.807) is 0 Å². The van der Waals surface area contributed by atoms with Crippen LogP contribution in [-0.4, -0.2) is 73.7 Å². The molecular weight excluding hydrogens is 260 g/mol. The van der Waals surface area contributed by atoms with Gasteiger partial charge >= 0.3 is 5.97 Å². The maximum atomic E-state index is 12.5. The lowest BCUT2D eigenvalue weighted by Crippen LogP contribution is -2.56. The second-order valence-electron chi connectivity index (χ2n) is 5.39. The Morgan fingerprint density at radius 1 is 1.20 bits per heavy atom. The summed E-state index contributed by atoms with van der Waals surface area (Å²) in [5, 5.41) is 0. The fourth-order valence-corrected chi connectivity index (χ4v) is 3.00. The van der Waals surface area contributed by atoms with Gasteiger partial charge in [0.25, 0.3) is 0 Å². The molecule has 2 aliphatic rings. The molecule has 20 heavy (non-hydrogen) atoms. The van der Waals surface area contributed by atoms with Crippen LogP contribution in [0.3, 0.4) is 0 Å². The van der Waals surface area contributed by atoms with Gasteiger partial charge in [-0.1, -0.05) is 6.42 Å². The number of amides is 1. The number of ether oxygens (including phenoxy) is 2. The maximum absolute atomic E-state index is 12.5. The van der Waals surface area contributed by atoms with Crippen LogP contribution in [0.1, 0.15) is 26.2 Å². The van der Waals surface area contributed by atoms with Gasteiger partial charge in [-0.3, -0.25) is 14.5 Å². The SMILES string of the molecule is COC(=O)[C@H]1CCCCN1C(C)C(=O)N1CCOCC1. The Morgan fingerprint density at radius 3 is 2.55 bits per heavy atom. The monoisotopic (exact) mass is 284 g/mol. The highest BCUT2D eigenvalue weighted by atomic mass is 16.5. The first-order chi connectivity index (χ1) is 9.65. The number of hydrogen-bond donors (Lipinski definition) is 0. The third-order valence-electron chi connectivity index (χ3n) is 4.20. The van der Waals surface area contributed by atoms with E-state index in [1.165, 1.54) is 7.11 Å². The first-order valence-electron chi connectivity index (χ1n) is 7.35. The van der Waals surface area contributed by atoms with Crippen LogP contribution in [0.4, 0.5) is 0 Å². The molecule has 2 rings (SSSR count). The highest BCUT2D eigenvalue weighted by molar-refractivity contribution is 5.83. The van der Waals surface area contributed by atoms with Crippen LogP contribution in [0.2, 0.25) is 0 Å². The van der Waals surface area contributed by atoms with E-state index < -0.39 is 0 Å². The van der Waals surface area contributed by atoms with Crippen LogP contribution in [0, 0.1) is 0 Å². The van der Waals surface area contributed by atoms with Crippen molar-refractivity contribution in [2.75, 3.05) is 40.0 Å². The van der Waals surface area contributed by atoms with Crippen LogP contribution < -0.4 is 0 Å². The third kappa shape index (κ3) is 3.30. The van der Waals surface area contributed by atoms with Gasteiger partial charge in [-0.2, -0.15) is 0 Å². The van der Waals surface area contributed by atoms with Gasteiger partial charge in [0.2, 0.25) is 5.91 Å². The highest BCUT2D eigenvalue weighted by Gasteiger charge is 2.36. The zero-order valence-electron chi connectivity index (χ0n) is 12.3. The van der Waals surface area contributed by atoms with E-state index in [1.807, 2.05) is 16.7 Å². The van der Waals surface area contributed by atoms with Gasteiger partial charge in [0.1, 0.15) is 6.04 Å². The molecule has 2 aliphatic heterocycles. The average Bonchev–Trinajstić information content (AvgIpc) is 2.53. The Labute approximate surface area is 120 Å². The Bertz CT molecular complexity index is 355. The van der Waals surface area contributed by atoms with Gasteiger partial charge in [-0.25, -0.2) is 0 Å². The predicted molar refractivity (Wildman–Crippen MR) is 73.2 cm³/mol. The summed E-state index contributed by atoms with van der Waals surface area (Å²) in [5.41, 5.74) is 0. The lowest BCUT2D eigenvalue weighted by molar-refractivity contribution is -0.153. The number of carbonyl (C=O) groups is 2. The third-order valence-corrected chi connectivity index (χ3v) is 4.20. The Balaban J connectivity index is 2.02. The number of hydrogen-bond acceptors (Lipinski definition) is 5. The second-order valence-corrected chi connectivity index (χ2v) is 5.39. The Kier molecular flexibility index (Phi) is 5.37. The van der Waals surface area contributed by atoms with Crippen LogP contribution in [-0.2, 0) is 19.1 Å². The average molecular weight is 284 g/mol. The first-order valence-corrected chi connectivity index (χ1v) is 7.35. The number of rotatable bonds is 3. The molecule has 114 valence electrons. The minimum absolute atomic E-state index is 0.0871. The van der Waals surface area contributed by atoms with E-state index in [0.29, 0.717) is 26.3 Å². The van der Waals surface area contributed by atoms with Crippen molar-refractivity contribution in [3.8, 4) is 0 Å². The molecule has 0 bridgehead atoms. The minimum Gasteiger partial charge on any atom is -0.468 e. The zero-order chi connectivity index (χ0) is 14.5. The minimum atomic E-state index is -0.284. The highest BCUT2D eigenvalue weighted by Crippen LogP contribution is 2.21. The predicted octanol–water partition coefficient (Wildman–Crippen LogP) is 0.261. The van der Waals surface area contributed by atoms with Crippen molar-refractivity contribution >= 4 is 11.9 Å². The smallest absolute Gasteiger partial charge is 0.323 e.